The second-order valence-electron chi connectivity index (χ2n) is 12.2. The molecule has 0 bridgehead atoms. The van der Waals surface area contributed by atoms with Gasteiger partial charge in [0.25, 0.3) is 0 Å². The van der Waals surface area contributed by atoms with Crippen LogP contribution in [0.1, 0.15) is 78.6 Å². The number of hydrogen-bond acceptors (Lipinski definition) is 5. The van der Waals surface area contributed by atoms with Gasteiger partial charge in [-0.15, -0.1) is 0 Å². The first-order valence-corrected chi connectivity index (χ1v) is 13.0. The number of aliphatic carboxylic acids is 1. The molecule has 4 rings (SSSR count). The van der Waals surface area contributed by atoms with Crippen LogP contribution in [0.25, 0.3) is 0 Å². The predicted octanol–water partition coefficient (Wildman–Crippen LogP) is 2.18. The van der Waals surface area contributed by atoms with Gasteiger partial charge >= 0.3 is 5.97 Å². The summed E-state index contributed by atoms with van der Waals surface area (Å²) >= 11 is 0. The second kappa shape index (κ2) is 10.7. The number of aliphatic hydroxyl groups is 3. The normalized spacial score (nSPS) is 46.3. The second-order valence-corrected chi connectivity index (χ2v) is 12.2. The van der Waals surface area contributed by atoms with Gasteiger partial charge in [0.2, 0.25) is 5.91 Å². The molecule has 1 radical (unpaired) electrons. The molecule has 0 heterocycles. The van der Waals surface area contributed by atoms with Crippen LogP contribution in [0.2, 0.25) is 0 Å². The maximum Gasteiger partial charge on any atom is 0.322 e. The summed E-state index contributed by atoms with van der Waals surface area (Å²) in [5.74, 6) is 0.265. The summed E-state index contributed by atoms with van der Waals surface area (Å²) in [5.41, 5.74) is -0.214. The van der Waals surface area contributed by atoms with Gasteiger partial charge in [-0.25, -0.2) is 0 Å². The molecule has 0 saturated heterocycles. The summed E-state index contributed by atoms with van der Waals surface area (Å²) in [6.07, 6.45) is 5.86. The first kappa shape index (κ1) is 28.4. The van der Waals surface area contributed by atoms with Crippen LogP contribution in [0.3, 0.4) is 0 Å². The Balaban J connectivity index is 0.00000324. The Morgan fingerprint density at radius 3 is 2.41 bits per heavy atom. The number of hydrogen-bond donors (Lipinski definition) is 5. The molecule has 0 aromatic rings. The Kier molecular flexibility index (Phi) is 8.91. The topological polar surface area (TPSA) is 127 Å². The Morgan fingerprint density at radius 2 is 1.74 bits per heavy atom. The average Bonchev–Trinajstić information content (AvgIpc) is 3.11. The SMILES string of the molecule is C[C@H](CCC(=O)NCC(=O)O)[C@H]1CC[C@H]2[C@@H]3[C@H](O)C[C@@H]4C[C@H](O)CC[C@]4(C)[C@H]3C[C@H](O)[C@]12C.[Na]. The van der Waals surface area contributed by atoms with E-state index < -0.39 is 12.1 Å². The minimum atomic E-state index is -1.04. The molecule has 0 aliphatic heterocycles. The van der Waals surface area contributed by atoms with Gasteiger partial charge < -0.3 is 25.7 Å². The van der Waals surface area contributed by atoms with Crippen LogP contribution in [0.15, 0.2) is 0 Å². The standard InChI is InChI=1S/C26H43NO6.Na/c1-14(4-7-22(31)27-13-23(32)33)17-5-6-18-24-19(12-21(30)26(17,18)3)25(2)9-8-16(28)10-15(25)11-20(24)29;/h14-21,24,28-30H,4-13H2,1-3H3,(H,27,31)(H,32,33);/t14-,15+,16-,17-,18+,19+,20-,21+,24+,25+,26-;/m1./s1. The Morgan fingerprint density at radius 1 is 1.03 bits per heavy atom. The Bertz CT molecular complexity index is 766. The number of carbonyl (C=O) groups is 2. The van der Waals surface area contributed by atoms with Crippen LogP contribution >= 0.6 is 0 Å². The van der Waals surface area contributed by atoms with Crippen LogP contribution < -0.4 is 5.32 Å². The van der Waals surface area contributed by atoms with E-state index in [2.05, 4.69) is 26.1 Å². The molecule has 1 amide bonds. The quantitative estimate of drug-likeness (QED) is 0.365. The van der Waals surface area contributed by atoms with Crippen molar-refractivity contribution in [3.63, 3.8) is 0 Å². The number of amides is 1. The van der Waals surface area contributed by atoms with Gasteiger partial charge in [-0.1, -0.05) is 20.8 Å². The molecular weight excluding hydrogens is 445 g/mol. The Hall–Kier alpha value is -0.180. The van der Waals surface area contributed by atoms with Crippen molar-refractivity contribution in [3.8, 4) is 0 Å². The predicted molar refractivity (Wildman–Crippen MR) is 129 cm³/mol. The average molecular weight is 489 g/mol. The molecular formula is C26H43NNaO6. The van der Waals surface area contributed by atoms with Crippen LogP contribution in [-0.2, 0) is 9.59 Å². The van der Waals surface area contributed by atoms with Crippen molar-refractivity contribution in [2.45, 2.75) is 96.9 Å². The van der Waals surface area contributed by atoms with Crippen molar-refractivity contribution >= 4 is 41.4 Å². The van der Waals surface area contributed by atoms with E-state index in [1.165, 1.54) is 0 Å². The molecule has 189 valence electrons. The van der Waals surface area contributed by atoms with Crippen molar-refractivity contribution in [1.82, 2.24) is 5.32 Å². The number of fused-ring (bicyclic) bond motifs is 5. The fourth-order valence-electron chi connectivity index (χ4n) is 8.95. The maximum absolute atomic E-state index is 12.0. The van der Waals surface area contributed by atoms with Crippen LogP contribution in [0.5, 0.6) is 0 Å². The minimum Gasteiger partial charge on any atom is -0.480 e. The van der Waals surface area contributed by atoms with Crippen molar-refractivity contribution in [2.75, 3.05) is 6.54 Å². The number of carbonyl (C=O) groups excluding carboxylic acids is 1. The molecule has 0 aromatic heterocycles. The molecule has 4 fully saturated rings. The summed E-state index contributed by atoms with van der Waals surface area (Å²) < 4.78 is 0. The molecule has 4 aliphatic carbocycles. The van der Waals surface area contributed by atoms with Crippen LogP contribution in [0.4, 0.5) is 0 Å². The summed E-state index contributed by atoms with van der Waals surface area (Å²) in [7, 11) is 0. The van der Waals surface area contributed by atoms with Crippen LogP contribution in [-0.4, -0.2) is 86.7 Å². The first-order chi connectivity index (χ1) is 15.5. The number of aliphatic hydroxyl groups excluding tert-OH is 3. The van der Waals surface area contributed by atoms with Gasteiger partial charge in [0.15, 0.2) is 0 Å². The molecule has 34 heavy (non-hydrogen) atoms. The summed E-state index contributed by atoms with van der Waals surface area (Å²) in [6, 6.07) is 0. The third-order valence-electron chi connectivity index (χ3n) is 10.8. The maximum atomic E-state index is 12.0. The molecule has 0 aromatic carbocycles. The zero-order valence-electron chi connectivity index (χ0n) is 21.4. The van der Waals surface area contributed by atoms with Crippen molar-refractivity contribution in [1.29, 1.82) is 0 Å². The molecule has 4 saturated carbocycles. The van der Waals surface area contributed by atoms with E-state index >= 15 is 0 Å². The fraction of sp³-hybridized carbons (Fsp3) is 0.923. The van der Waals surface area contributed by atoms with Gasteiger partial charge in [-0.05, 0) is 97.7 Å². The van der Waals surface area contributed by atoms with Gasteiger partial charge in [-0.2, -0.15) is 0 Å². The molecule has 5 N–H and O–H groups in total. The number of nitrogens with one attached hydrogen (secondary N) is 1. The molecule has 0 unspecified atom stereocenters. The molecule has 4 aliphatic rings. The largest absolute Gasteiger partial charge is 0.480 e. The number of carboxylic acids is 1. The third kappa shape index (κ3) is 4.87. The van der Waals surface area contributed by atoms with E-state index in [9.17, 15) is 24.9 Å². The smallest absolute Gasteiger partial charge is 0.322 e. The fourth-order valence-corrected chi connectivity index (χ4v) is 8.95. The van der Waals surface area contributed by atoms with Crippen molar-refractivity contribution in [2.24, 2.45) is 46.3 Å². The van der Waals surface area contributed by atoms with Gasteiger partial charge in [0, 0.05) is 36.0 Å². The monoisotopic (exact) mass is 488 g/mol. The number of rotatable bonds is 6. The summed E-state index contributed by atoms with van der Waals surface area (Å²) in [6.45, 7) is 6.35. The van der Waals surface area contributed by atoms with Crippen molar-refractivity contribution < 1.29 is 30.0 Å². The zero-order valence-corrected chi connectivity index (χ0v) is 23.4. The van der Waals surface area contributed by atoms with E-state index in [1.54, 1.807) is 0 Å². The minimum absolute atomic E-state index is 0. The molecule has 7 nitrogen and oxygen atoms in total. The van der Waals surface area contributed by atoms with E-state index in [0.717, 1.165) is 38.5 Å². The first-order valence-electron chi connectivity index (χ1n) is 13.0. The van der Waals surface area contributed by atoms with Crippen molar-refractivity contribution in [3.05, 3.63) is 0 Å². The summed E-state index contributed by atoms with van der Waals surface area (Å²) in [4.78, 5) is 22.7. The van der Waals surface area contributed by atoms with E-state index in [1.807, 2.05) is 0 Å². The third-order valence-corrected chi connectivity index (χ3v) is 10.8. The van der Waals surface area contributed by atoms with E-state index in [4.69, 9.17) is 5.11 Å². The van der Waals surface area contributed by atoms with Gasteiger partial charge in [0.1, 0.15) is 6.54 Å². The molecule has 11 atom stereocenters. The van der Waals surface area contributed by atoms with Gasteiger partial charge in [0.05, 0.1) is 18.3 Å². The van der Waals surface area contributed by atoms with Gasteiger partial charge in [-0.3, -0.25) is 9.59 Å². The number of carboxylic acid groups (broad SMARTS) is 1. The zero-order chi connectivity index (χ0) is 24.1. The van der Waals surface area contributed by atoms with E-state index in [0.29, 0.717) is 25.2 Å². The summed E-state index contributed by atoms with van der Waals surface area (Å²) in [5, 5.41) is 44.4. The van der Waals surface area contributed by atoms with Crippen LogP contribution in [0, 0.1) is 46.3 Å². The van der Waals surface area contributed by atoms with E-state index in [-0.39, 0.29) is 94.6 Å². The Labute approximate surface area is 225 Å². The molecule has 0 spiro atoms. The molecule has 8 heteroatoms.